The highest BCUT2D eigenvalue weighted by Crippen LogP contribution is 2.53. The van der Waals surface area contributed by atoms with Crippen molar-refractivity contribution in [2.45, 2.75) is 25.3 Å². The second-order valence-electron chi connectivity index (χ2n) is 6.63. The minimum Gasteiger partial charge on any atom is -0.503 e. The van der Waals surface area contributed by atoms with Gasteiger partial charge in [0.2, 0.25) is 5.78 Å². The van der Waals surface area contributed by atoms with E-state index in [0.717, 1.165) is 29.4 Å². The van der Waals surface area contributed by atoms with E-state index in [1.54, 1.807) is 0 Å². The Bertz CT molecular complexity index is 775. The van der Waals surface area contributed by atoms with Gasteiger partial charge in [0, 0.05) is 17.5 Å². The van der Waals surface area contributed by atoms with Crippen LogP contribution in [0.3, 0.4) is 0 Å². The summed E-state index contributed by atoms with van der Waals surface area (Å²) in [4.78, 5) is 30.0. The summed E-state index contributed by atoms with van der Waals surface area (Å²) in [5, 5.41) is 11.0. The number of aliphatic hydroxyl groups excluding tert-OH is 1. The SMILES string of the molecule is Cc1cc(C)nc(SC2=C(O)C(=O)[C@@H]3[C@H](C2=O)[C@@H]2C=C[C@@H]3C2)c1. The third-order valence-electron chi connectivity index (χ3n) is 5.02. The maximum absolute atomic E-state index is 12.9. The molecule has 1 fully saturated rings. The molecule has 3 aliphatic rings. The molecule has 0 spiro atoms. The van der Waals surface area contributed by atoms with E-state index in [-0.39, 0.29) is 45.9 Å². The van der Waals surface area contributed by atoms with Crippen LogP contribution in [-0.4, -0.2) is 21.7 Å². The van der Waals surface area contributed by atoms with Crippen molar-refractivity contribution in [1.82, 2.24) is 4.98 Å². The van der Waals surface area contributed by atoms with Gasteiger partial charge in [-0.1, -0.05) is 23.9 Å². The molecule has 1 aromatic heterocycles. The largest absolute Gasteiger partial charge is 0.503 e. The van der Waals surface area contributed by atoms with E-state index < -0.39 is 0 Å². The van der Waals surface area contributed by atoms with E-state index in [1.165, 1.54) is 0 Å². The molecular weight excluding hydrogens is 310 g/mol. The van der Waals surface area contributed by atoms with Crippen molar-refractivity contribution in [3.8, 4) is 0 Å². The van der Waals surface area contributed by atoms with E-state index in [0.29, 0.717) is 5.03 Å². The zero-order chi connectivity index (χ0) is 16.3. The van der Waals surface area contributed by atoms with E-state index in [4.69, 9.17) is 0 Å². The molecule has 0 amide bonds. The highest BCUT2D eigenvalue weighted by Gasteiger charge is 2.55. The van der Waals surface area contributed by atoms with Gasteiger partial charge in [0.15, 0.2) is 11.5 Å². The van der Waals surface area contributed by atoms with Crippen LogP contribution < -0.4 is 0 Å². The standard InChI is InChI=1S/C18H17NO3S/c1-8-5-9(2)19-12(6-8)23-18-16(21)14-11-4-3-10(7-11)13(14)15(20)17(18)22/h3-6,10-11,13-14,22H,7H2,1-2H3/t10-,11-,13+,14-/m1/s1. The molecule has 4 nitrogen and oxygen atoms in total. The van der Waals surface area contributed by atoms with Crippen molar-refractivity contribution < 1.29 is 14.7 Å². The Morgan fingerprint density at radius 3 is 2.39 bits per heavy atom. The first kappa shape index (κ1) is 14.7. The Morgan fingerprint density at radius 1 is 1.09 bits per heavy atom. The number of Topliss-reactive ketones (excluding diaryl/α,β-unsaturated/α-hetero) is 2. The molecule has 5 heteroatoms. The maximum atomic E-state index is 12.9. The number of pyridine rings is 1. The molecule has 4 rings (SSSR count). The molecule has 4 atom stereocenters. The van der Waals surface area contributed by atoms with Gasteiger partial charge in [-0.3, -0.25) is 9.59 Å². The molecule has 0 unspecified atom stereocenters. The Morgan fingerprint density at radius 2 is 1.74 bits per heavy atom. The van der Waals surface area contributed by atoms with E-state index in [2.05, 4.69) is 11.1 Å². The molecule has 1 N–H and O–H groups in total. The Hall–Kier alpha value is -1.88. The molecule has 1 heterocycles. The fourth-order valence-corrected chi connectivity index (χ4v) is 5.21. The Kier molecular flexibility index (Phi) is 3.23. The molecule has 0 saturated heterocycles. The van der Waals surface area contributed by atoms with Gasteiger partial charge in [-0.05, 0) is 49.8 Å². The van der Waals surface area contributed by atoms with Gasteiger partial charge in [-0.2, -0.15) is 0 Å². The molecular formula is C18H17NO3S. The number of fused-ring (bicyclic) bond motifs is 5. The first-order chi connectivity index (χ1) is 11.0. The topological polar surface area (TPSA) is 67.3 Å². The van der Waals surface area contributed by atoms with Gasteiger partial charge in [0.05, 0.1) is 0 Å². The number of allylic oxidation sites excluding steroid dienone is 4. The first-order valence-electron chi connectivity index (χ1n) is 7.79. The fraction of sp³-hybridized carbons (Fsp3) is 0.389. The number of rotatable bonds is 2. The van der Waals surface area contributed by atoms with Gasteiger partial charge in [0.25, 0.3) is 0 Å². The van der Waals surface area contributed by atoms with Gasteiger partial charge in [0.1, 0.15) is 9.93 Å². The monoisotopic (exact) mass is 327 g/mol. The number of aryl methyl sites for hydroxylation is 2. The van der Waals surface area contributed by atoms with Crippen molar-refractivity contribution in [1.29, 1.82) is 0 Å². The van der Waals surface area contributed by atoms with Crippen LogP contribution in [0.1, 0.15) is 17.7 Å². The van der Waals surface area contributed by atoms with Crippen LogP contribution in [0.25, 0.3) is 0 Å². The third kappa shape index (κ3) is 2.17. The quantitative estimate of drug-likeness (QED) is 0.845. The molecule has 1 aromatic rings. The summed E-state index contributed by atoms with van der Waals surface area (Å²) in [5.41, 5.74) is 1.89. The second kappa shape index (κ2) is 5.06. The van der Waals surface area contributed by atoms with E-state index in [9.17, 15) is 14.7 Å². The fourth-order valence-electron chi connectivity index (χ4n) is 4.13. The van der Waals surface area contributed by atoms with Crippen LogP contribution in [0.15, 0.2) is 40.0 Å². The summed E-state index contributed by atoms with van der Waals surface area (Å²) < 4.78 is 0. The number of hydrogen-bond donors (Lipinski definition) is 1. The van der Waals surface area contributed by atoms with Crippen LogP contribution in [0, 0.1) is 37.5 Å². The zero-order valence-corrected chi connectivity index (χ0v) is 13.8. The normalized spacial score (nSPS) is 31.9. The predicted molar refractivity (Wildman–Crippen MR) is 87.0 cm³/mol. The molecule has 0 radical (unpaired) electrons. The minimum atomic E-state index is -0.372. The lowest BCUT2D eigenvalue weighted by atomic mass is 9.74. The summed E-state index contributed by atoms with van der Waals surface area (Å²) in [6.07, 6.45) is 4.92. The van der Waals surface area contributed by atoms with Crippen LogP contribution in [-0.2, 0) is 9.59 Å². The summed E-state index contributed by atoms with van der Waals surface area (Å²) in [6, 6.07) is 3.81. The van der Waals surface area contributed by atoms with Crippen molar-refractivity contribution in [3.05, 3.63) is 46.2 Å². The molecule has 1 saturated carbocycles. The van der Waals surface area contributed by atoms with Gasteiger partial charge in [-0.25, -0.2) is 4.98 Å². The average Bonchev–Trinajstić information content (AvgIpc) is 3.09. The van der Waals surface area contributed by atoms with Crippen LogP contribution >= 0.6 is 11.8 Å². The molecule has 2 bridgehead atoms. The average molecular weight is 327 g/mol. The first-order valence-corrected chi connectivity index (χ1v) is 8.60. The third-order valence-corrected chi connectivity index (χ3v) is 6.03. The summed E-state index contributed by atoms with van der Waals surface area (Å²) in [7, 11) is 0. The number of nitrogens with zero attached hydrogens (tertiary/aromatic N) is 1. The number of carbonyl (C=O) groups is 2. The summed E-state index contributed by atoms with van der Waals surface area (Å²) in [6.45, 7) is 3.84. The smallest absolute Gasteiger partial charge is 0.202 e. The van der Waals surface area contributed by atoms with E-state index >= 15 is 0 Å². The lowest BCUT2D eigenvalue weighted by Crippen LogP contribution is -2.39. The number of carbonyl (C=O) groups excluding carboxylic acids is 2. The van der Waals surface area contributed by atoms with Gasteiger partial charge < -0.3 is 5.11 Å². The number of aliphatic hydroxyl groups is 1. The van der Waals surface area contributed by atoms with Crippen LogP contribution in [0.4, 0.5) is 0 Å². The van der Waals surface area contributed by atoms with Crippen molar-refractivity contribution >= 4 is 23.3 Å². The highest BCUT2D eigenvalue weighted by atomic mass is 32.2. The zero-order valence-electron chi connectivity index (χ0n) is 12.9. The molecule has 0 aromatic carbocycles. The van der Waals surface area contributed by atoms with Crippen molar-refractivity contribution in [3.63, 3.8) is 0 Å². The molecule has 23 heavy (non-hydrogen) atoms. The second-order valence-corrected chi connectivity index (χ2v) is 7.66. The molecule has 0 aliphatic heterocycles. The summed E-state index contributed by atoms with van der Waals surface area (Å²) in [5.74, 6) is -1.18. The van der Waals surface area contributed by atoms with E-state index in [1.807, 2.05) is 32.1 Å². The highest BCUT2D eigenvalue weighted by molar-refractivity contribution is 8.04. The Balaban J connectivity index is 1.72. The lowest BCUT2D eigenvalue weighted by molar-refractivity contribution is -0.132. The molecule has 3 aliphatic carbocycles. The number of hydrogen-bond acceptors (Lipinski definition) is 5. The number of aromatic nitrogens is 1. The summed E-state index contributed by atoms with van der Waals surface area (Å²) >= 11 is 1.11. The molecule has 118 valence electrons. The number of ketones is 2. The Labute approximate surface area is 138 Å². The maximum Gasteiger partial charge on any atom is 0.202 e. The number of thioether (sulfide) groups is 1. The lowest BCUT2D eigenvalue weighted by Gasteiger charge is -2.30. The van der Waals surface area contributed by atoms with Crippen LogP contribution in [0.2, 0.25) is 0 Å². The minimum absolute atomic E-state index is 0.102. The van der Waals surface area contributed by atoms with Crippen LogP contribution in [0.5, 0.6) is 0 Å². The predicted octanol–water partition coefficient (Wildman–Crippen LogP) is 3.15. The van der Waals surface area contributed by atoms with Crippen molar-refractivity contribution in [2.75, 3.05) is 0 Å². The van der Waals surface area contributed by atoms with Gasteiger partial charge in [-0.15, -0.1) is 0 Å². The van der Waals surface area contributed by atoms with Gasteiger partial charge >= 0.3 is 0 Å². The van der Waals surface area contributed by atoms with Crippen molar-refractivity contribution in [2.24, 2.45) is 23.7 Å².